The van der Waals surface area contributed by atoms with E-state index in [1.54, 1.807) is 0 Å². The van der Waals surface area contributed by atoms with Crippen molar-refractivity contribution in [3.63, 3.8) is 0 Å². The molecule has 3 N–H and O–H groups in total. The van der Waals surface area contributed by atoms with Gasteiger partial charge in [0.1, 0.15) is 6.61 Å². The number of rotatable bonds is 43. The largest absolute Gasteiger partial charge is 0.472 e. The lowest BCUT2D eigenvalue weighted by molar-refractivity contribution is -0.161. The molecular weight excluding hydrogens is 737 g/mol. The van der Waals surface area contributed by atoms with Crippen molar-refractivity contribution in [2.45, 2.75) is 213 Å². The Kier molecular flexibility index (Phi) is 42.0. The van der Waals surface area contributed by atoms with E-state index in [1.807, 2.05) is 6.08 Å². The van der Waals surface area contributed by atoms with Crippen molar-refractivity contribution in [1.82, 2.24) is 0 Å². The molecule has 9 nitrogen and oxygen atoms in total. The molecule has 0 aliphatic rings. The minimum Gasteiger partial charge on any atom is -0.462 e. The number of phosphoric acid groups is 1. The van der Waals surface area contributed by atoms with Crippen molar-refractivity contribution >= 4 is 19.8 Å². The summed E-state index contributed by atoms with van der Waals surface area (Å²) in [6.07, 6.45) is 50.1. The van der Waals surface area contributed by atoms with E-state index in [0.29, 0.717) is 12.8 Å². The molecule has 10 heteroatoms. The summed E-state index contributed by atoms with van der Waals surface area (Å²) in [5.74, 6) is -0.889. The van der Waals surface area contributed by atoms with Gasteiger partial charge in [0.25, 0.3) is 0 Å². The van der Waals surface area contributed by atoms with Crippen LogP contribution in [0.1, 0.15) is 206 Å². The van der Waals surface area contributed by atoms with E-state index < -0.39 is 32.5 Å². The Morgan fingerprint density at radius 1 is 0.526 bits per heavy atom. The molecule has 0 amide bonds. The first-order valence-corrected chi connectivity index (χ1v) is 24.6. The van der Waals surface area contributed by atoms with Gasteiger partial charge in [-0.25, -0.2) is 4.57 Å². The fourth-order valence-corrected chi connectivity index (χ4v) is 7.04. The van der Waals surface area contributed by atoms with Gasteiger partial charge in [0.05, 0.1) is 13.2 Å². The number of hydrogen-bond donors (Lipinski definition) is 2. The van der Waals surface area contributed by atoms with E-state index in [-0.39, 0.29) is 32.6 Å². The Labute approximate surface area is 349 Å². The number of allylic oxidation sites excluding steroid dienone is 8. The fraction of sp³-hybridized carbons (Fsp3) is 0.787. The molecule has 0 aliphatic heterocycles. The summed E-state index contributed by atoms with van der Waals surface area (Å²) in [6, 6.07) is 0. The Morgan fingerprint density at radius 2 is 0.930 bits per heavy atom. The van der Waals surface area contributed by atoms with Crippen LogP contribution in [-0.4, -0.2) is 49.3 Å². The number of hydrogen-bond acceptors (Lipinski definition) is 8. The molecule has 57 heavy (non-hydrogen) atoms. The van der Waals surface area contributed by atoms with Gasteiger partial charge in [-0.2, -0.15) is 0 Å². The average molecular weight is 824 g/mol. The van der Waals surface area contributed by atoms with Crippen LogP contribution in [0.4, 0.5) is 0 Å². The fourth-order valence-electron chi connectivity index (χ4n) is 6.27. The standard InChI is InChI=1S/C47H86NO8P/c1-3-5-7-9-11-13-15-17-19-21-22-24-25-27-29-31-33-35-37-39-46(49)53-43-45(44-55-57(51,52)54-42-41-48)56-47(50)40-38-36-34-32-30-28-26-23-20-18-16-14-12-10-8-6-4-2/h12,14,18,20,26,28,32,34,45H,3-11,13,15-17,19,21-25,27,29-31,33,35-44,48H2,1-2H3,(H,51,52)/b14-12-,20-18-,28-26-,34-32-/t45-/m1/s1. The van der Waals surface area contributed by atoms with Gasteiger partial charge in [0, 0.05) is 19.4 Å². The smallest absolute Gasteiger partial charge is 0.462 e. The molecule has 0 aromatic rings. The summed E-state index contributed by atoms with van der Waals surface area (Å²) in [5.41, 5.74) is 5.35. The van der Waals surface area contributed by atoms with Crippen LogP contribution in [0.5, 0.6) is 0 Å². The van der Waals surface area contributed by atoms with Gasteiger partial charge in [0.2, 0.25) is 0 Å². The predicted octanol–water partition coefficient (Wildman–Crippen LogP) is 13.5. The van der Waals surface area contributed by atoms with Crippen molar-refractivity contribution in [3.05, 3.63) is 48.6 Å². The number of unbranched alkanes of at least 4 members (excludes halogenated alkanes) is 22. The third kappa shape index (κ3) is 43.4. The summed E-state index contributed by atoms with van der Waals surface area (Å²) >= 11 is 0. The highest BCUT2D eigenvalue weighted by Gasteiger charge is 2.26. The molecule has 0 heterocycles. The lowest BCUT2D eigenvalue weighted by Crippen LogP contribution is -2.29. The van der Waals surface area contributed by atoms with Crippen LogP contribution in [0.2, 0.25) is 0 Å². The number of ether oxygens (including phenoxy) is 2. The zero-order chi connectivity index (χ0) is 41.8. The van der Waals surface area contributed by atoms with Crippen LogP contribution >= 0.6 is 7.82 Å². The molecule has 0 radical (unpaired) electrons. The minimum absolute atomic E-state index is 0.0445. The zero-order valence-electron chi connectivity index (χ0n) is 36.6. The maximum Gasteiger partial charge on any atom is 0.472 e. The molecule has 0 bridgehead atoms. The summed E-state index contributed by atoms with van der Waals surface area (Å²) in [4.78, 5) is 34.9. The summed E-state index contributed by atoms with van der Waals surface area (Å²) in [7, 11) is -4.39. The Hall–Kier alpha value is -2.03. The van der Waals surface area contributed by atoms with Crippen molar-refractivity contribution in [2.24, 2.45) is 5.73 Å². The second-order valence-corrected chi connectivity index (χ2v) is 16.7. The molecule has 0 fully saturated rings. The van der Waals surface area contributed by atoms with Gasteiger partial charge in [-0.3, -0.25) is 18.6 Å². The molecule has 0 aliphatic carbocycles. The van der Waals surface area contributed by atoms with Crippen LogP contribution in [0.15, 0.2) is 48.6 Å². The first-order chi connectivity index (χ1) is 27.8. The molecule has 0 aromatic heterocycles. The number of esters is 2. The third-order valence-corrected chi connectivity index (χ3v) is 10.7. The van der Waals surface area contributed by atoms with Crippen LogP contribution in [-0.2, 0) is 32.7 Å². The van der Waals surface area contributed by atoms with E-state index >= 15 is 0 Å². The number of nitrogens with two attached hydrogens (primary N) is 1. The van der Waals surface area contributed by atoms with E-state index in [1.165, 1.54) is 128 Å². The van der Waals surface area contributed by atoms with Gasteiger partial charge in [0.15, 0.2) is 6.10 Å². The molecule has 0 aromatic carbocycles. The Bertz CT molecular complexity index is 1080. The third-order valence-electron chi connectivity index (χ3n) is 9.72. The van der Waals surface area contributed by atoms with Gasteiger partial charge >= 0.3 is 19.8 Å². The van der Waals surface area contributed by atoms with E-state index in [9.17, 15) is 19.0 Å². The van der Waals surface area contributed by atoms with Crippen molar-refractivity contribution in [2.75, 3.05) is 26.4 Å². The maximum atomic E-state index is 12.6. The van der Waals surface area contributed by atoms with Crippen molar-refractivity contribution < 1.29 is 37.6 Å². The highest BCUT2D eigenvalue weighted by molar-refractivity contribution is 7.47. The maximum absolute atomic E-state index is 12.6. The van der Waals surface area contributed by atoms with Crippen LogP contribution < -0.4 is 5.73 Å². The van der Waals surface area contributed by atoms with Crippen LogP contribution in [0.25, 0.3) is 0 Å². The molecule has 332 valence electrons. The zero-order valence-corrected chi connectivity index (χ0v) is 37.5. The van der Waals surface area contributed by atoms with E-state index in [2.05, 4.69) is 56.4 Å². The highest BCUT2D eigenvalue weighted by Crippen LogP contribution is 2.43. The Balaban J connectivity index is 4.17. The van der Waals surface area contributed by atoms with Gasteiger partial charge in [-0.05, 0) is 51.4 Å². The molecule has 0 saturated carbocycles. The van der Waals surface area contributed by atoms with Crippen molar-refractivity contribution in [3.8, 4) is 0 Å². The minimum atomic E-state index is -4.39. The normalized spacial score (nSPS) is 13.7. The van der Waals surface area contributed by atoms with Crippen molar-refractivity contribution in [1.29, 1.82) is 0 Å². The Morgan fingerprint density at radius 3 is 1.40 bits per heavy atom. The number of phosphoric ester groups is 1. The van der Waals surface area contributed by atoms with Crippen LogP contribution in [0, 0.1) is 0 Å². The molecule has 1 unspecified atom stereocenters. The topological polar surface area (TPSA) is 134 Å². The molecular formula is C47H86NO8P. The quantitative estimate of drug-likeness (QED) is 0.0267. The average Bonchev–Trinajstić information content (AvgIpc) is 3.20. The van der Waals surface area contributed by atoms with E-state index in [0.717, 1.165) is 38.5 Å². The van der Waals surface area contributed by atoms with Gasteiger partial charge in [-0.1, -0.05) is 191 Å². The van der Waals surface area contributed by atoms with Gasteiger partial charge < -0.3 is 20.1 Å². The highest BCUT2D eigenvalue weighted by atomic mass is 31.2. The van der Waals surface area contributed by atoms with E-state index in [4.69, 9.17) is 24.3 Å². The van der Waals surface area contributed by atoms with Gasteiger partial charge in [-0.15, -0.1) is 0 Å². The summed E-state index contributed by atoms with van der Waals surface area (Å²) in [5, 5.41) is 0. The lowest BCUT2D eigenvalue weighted by atomic mass is 10.0. The SMILES string of the molecule is CCCCC/C=C\C/C=C\C/C=C\C/C=C\CCCC(=O)O[C@H](COC(=O)CCCCCCCCCCCCCCCCCCCCC)COP(=O)(O)OCCN. The first-order valence-electron chi connectivity index (χ1n) is 23.1. The molecule has 2 atom stereocenters. The number of carbonyl (C=O) groups is 2. The molecule has 0 saturated heterocycles. The molecule has 0 spiro atoms. The van der Waals surface area contributed by atoms with Crippen LogP contribution in [0.3, 0.4) is 0 Å². The predicted molar refractivity (Wildman–Crippen MR) is 238 cm³/mol. The summed E-state index contributed by atoms with van der Waals surface area (Å²) < 4.78 is 32.8. The second kappa shape index (κ2) is 43.5. The second-order valence-electron chi connectivity index (χ2n) is 15.3. The monoisotopic (exact) mass is 824 g/mol. The lowest BCUT2D eigenvalue weighted by Gasteiger charge is -2.19. The summed E-state index contributed by atoms with van der Waals surface area (Å²) in [6.45, 7) is 3.66. The number of carbonyl (C=O) groups excluding carboxylic acids is 2. The first kappa shape index (κ1) is 55.0. The molecule has 0 rings (SSSR count).